The molecule has 108 valence electrons. The highest BCUT2D eigenvalue weighted by Crippen LogP contribution is 1.99. The van der Waals surface area contributed by atoms with Crippen molar-refractivity contribution in [1.82, 2.24) is 0 Å². The van der Waals surface area contributed by atoms with Crippen LogP contribution >= 0.6 is 0 Å². The monoisotopic (exact) mass is 264 g/mol. The van der Waals surface area contributed by atoms with Crippen LogP contribution < -0.4 is 0 Å². The van der Waals surface area contributed by atoms with E-state index in [0.29, 0.717) is 13.0 Å². The lowest BCUT2D eigenvalue weighted by atomic mass is 10.2. The summed E-state index contributed by atoms with van der Waals surface area (Å²) in [5.74, 6) is -1.14. The Morgan fingerprint density at radius 1 is 1.28 bits per heavy atom. The van der Waals surface area contributed by atoms with E-state index in [0.717, 1.165) is 6.42 Å². The first-order chi connectivity index (χ1) is 8.38. The molecule has 0 aliphatic carbocycles. The molecule has 0 amide bonds. The first kappa shape index (κ1) is 19.2. The maximum Gasteiger partial charge on any atom is 0.332 e. The number of aliphatic carboxylic acids is 1. The third kappa shape index (κ3) is 12.9. The van der Waals surface area contributed by atoms with Gasteiger partial charge in [-0.15, -0.1) is 0 Å². The molecule has 0 fully saturated rings. The van der Waals surface area contributed by atoms with Gasteiger partial charge in [0.05, 0.1) is 6.61 Å². The summed E-state index contributed by atoms with van der Waals surface area (Å²) in [6.45, 7) is 5.55. The Labute approximate surface area is 108 Å². The summed E-state index contributed by atoms with van der Waals surface area (Å²) in [5.41, 5.74) is 0. The van der Waals surface area contributed by atoms with Gasteiger partial charge in [-0.1, -0.05) is 13.3 Å². The second kappa shape index (κ2) is 12.3. The van der Waals surface area contributed by atoms with E-state index >= 15 is 0 Å². The summed E-state index contributed by atoms with van der Waals surface area (Å²) in [7, 11) is 2.98. The van der Waals surface area contributed by atoms with Gasteiger partial charge in [-0.2, -0.15) is 0 Å². The Bertz CT molecular complexity index is 229. The summed E-state index contributed by atoms with van der Waals surface area (Å²) in [4.78, 5) is 20.4. The summed E-state index contributed by atoms with van der Waals surface area (Å²) in [5, 5.41) is 8.38. The lowest BCUT2D eigenvalue weighted by molar-refractivity contribution is -0.149. The van der Waals surface area contributed by atoms with Gasteiger partial charge in [-0.25, -0.2) is 4.79 Å². The van der Waals surface area contributed by atoms with E-state index in [1.54, 1.807) is 14.0 Å². The molecule has 0 saturated heterocycles. The SMILES string of the molecule is CCCC(OC)C(=O)O.COCC(C)OC(C)=O. The number of methoxy groups -OCH3 is 2. The minimum absolute atomic E-state index is 0.132. The van der Waals surface area contributed by atoms with Crippen LogP contribution in [0.5, 0.6) is 0 Å². The Hall–Kier alpha value is -1.14. The lowest BCUT2D eigenvalue weighted by Gasteiger charge is -2.08. The van der Waals surface area contributed by atoms with Crippen LogP contribution in [0.2, 0.25) is 0 Å². The fourth-order valence-corrected chi connectivity index (χ4v) is 1.16. The average molecular weight is 264 g/mol. The van der Waals surface area contributed by atoms with Crippen molar-refractivity contribution >= 4 is 11.9 Å². The molecule has 1 N–H and O–H groups in total. The molecule has 0 rings (SSSR count). The maximum absolute atomic E-state index is 10.3. The van der Waals surface area contributed by atoms with Crippen molar-refractivity contribution in [3.05, 3.63) is 0 Å². The second-order valence-corrected chi connectivity index (χ2v) is 3.73. The fourth-order valence-electron chi connectivity index (χ4n) is 1.16. The molecule has 18 heavy (non-hydrogen) atoms. The molecule has 0 heterocycles. The van der Waals surface area contributed by atoms with Gasteiger partial charge in [0.15, 0.2) is 6.10 Å². The third-order valence-corrected chi connectivity index (χ3v) is 1.88. The summed E-state index contributed by atoms with van der Waals surface area (Å²) in [6, 6.07) is 0. The van der Waals surface area contributed by atoms with Crippen molar-refractivity contribution in [2.24, 2.45) is 0 Å². The topological polar surface area (TPSA) is 82.1 Å². The van der Waals surface area contributed by atoms with Gasteiger partial charge in [0, 0.05) is 21.1 Å². The van der Waals surface area contributed by atoms with Gasteiger partial charge >= 0.3 is 11.9 Å². The molecule has 0 bridgehead atoms. The zero-order valence-corrected chi connectivity index (χ0v) is 11.8. The van der Waals surface area contributed by atoms with Gasteiger partial charge in [0.2, 0.25) is 0 Å². The van der Waals surface area contributed by atoms with Crippen molar-refractivity contribution in [3.8, 4) is 0 Å². The fraction of sp³-hybridized carbons (Fsp3) is 0.833. The van der Waals surface area contributed by atoms with E-state index in [-0.39, 0.29) is 12.1 Å². The Morgan fingerprint density at radius 3 is 2.06 bits per heavy atom. The molecule has 2 atom stereocenters. The molecule has 6 nitrogen and oxygen atoms in total. The highest BCUT2D eigenvalue weighted by molar-refractivity contribution is 5.72. The van der Waals surface area contributed by atoms with Gasteiger partial charge in [0.1, 0.15) is 6.10 Å². The van der Waals surface area contributed by atoms with Crippen molar-refractivity contribution in [2.75, 3.05) is 20.8 Å². The Balaban J connectivity index is 0. The first-order valence-corrected chi connectivity index (χ1v) is 5.80. The van der Waals surface area contributed by atoms with Gasteiger partial charge in [0.25, 0.3) is 0 Å². The van der Waals surface area contributed by atoms with E-state index in [1.165, 1.54) is 14.0 Å². The number of ether oxygens (including phenoxy) is 3. The molecular weight excluding hydrogens is 240 g/mol. The highest BCUT2D eigenvalue weighted by atomic mass is 16.6. The van der Waals surface area contributed by atoms with Crippen molar-refractivity contribution in [3.63, 3.8) is 0 Å². The lowest BCUT2D eigenvalue weighted by Crippen LogP contribution is -2.21. The van der Waals surface area contributed by atoms with Crippen LogP contribution in [-0.2, 0) is 23.8 Å². The smallest absolute Gasteiger partial charge is 0.332 e. The number of rotatable bonds is 7. The Kier molecular flexibility index (Phi) is 13.1. The number of hydrogen-bond donors (Lipinski definition) is 1. The molecule has 0 aromatic carbocycles. The first-order valence-electron chi connectivity index (χ1n) is 5.80. The normalized spacial score (nSPS) is 12.9. The van der Waals surface area contributed by atoms with Crippen LogP contribution in [0.3, 0.4) is 0 Å². The molecule has 0 radical (unpaired) electrons. The standard InChI is InChI=1S/2C6H12O3/c1-5(4-8-3)9-6(2)7;1-3-4-5(9-2)6(7)8/h5H,4H2,1-3H3;5H,3-4H2,1-2H3,(H,7,8). The summed E-state index contributed by atoms with van der Waals surface area (Å²) in [6.07, 6.45) is 0.680. The number of carboxylic acid groups (broad SMARTS) is 1. The highest BCUT2D eigenvalue weighted by Gasteiger charge is 2.13. The zero-order valence-electron chi connectivity index (χ0n) is 11.8. The van der Waals surface area contributed by atoms with Crippen molar-refractivity contribution in [2.45, 2.75) is 45.8 Å². The number of esters is 1. The van der Waals surface area contributed by atoms with Gasteiger partial charge in [-0.3, -0.25) is 4.79 Å². The minimum Gasteiger partial charge on any atom is -0.479 e. The predicted octanol–water partition coefficient (Wildman–Crippen LogP) is 1.47. The molecule has 2 unspecified atom stereocenters. The molecular formula is C12H24O6. The molecule has 0 aliphatic heterocycles. The third-order valence-electron chi connectivity index (χ3n) is 1.88. The van der Waals surface area contributed by atoms with Gasteiger partial charge < -0.3 is 19.3 Å². The van der Waals surface area contributed by atoms with Crippen LogP contribution in [0.15, 0.2) is 0 Å². The second-order valence-electron chi connectivity index (χ2n) is 3.73. The number of carbonyl (C=O) groups excluding carboxylic acids is 1. The van der Waals surface area contributed by atoms with Crippen LogP contribution in [0.25, 0.3) is 0 Å². The van der Waals surface area contributed by atoms with Crippen LogP contribution in [0.1, 0.15) is 33.6 Å². The van der Waals surface area contributed by atoms with Crippen LogP contribution in [0, 0.1) is 0 Å². The van der Waals surface area contributed by atoms with E-state index in [4.69, 9.17) is 14.6 Å². The molecule has 0 spiro atoms. The van der Waals surface area contributed by atoms with Crippen LogP contribution in [0.4, 0.5) is 0 Å². The van der Waals surface area contributed by atoms with E-state index in [2.05, 4.69) is 4.74 Å². The summed E-state index contributed by atoms with van der Waals surface area (Å²) < 4.78 is 14.1. The van der Waals surface area contributed by atoms with E-state index in [9.17, 15) is 9.59 Å². The van der Waals surface area contributed by atoms with Crippen molar-refractivity contribution < 1.29 is 28.9 Å². The molecule has 0 aromatic rings. The molecule has 0 saturated carbocycles. The number of carbonyl (C=O) groups is 2. The Morgan fingerprint density at radius 2 is 1.83 bits per heavy atom. The minimum atomic E-state index is -0.876. The van der Waals surface area contributed by atoms with Gasteiger partial charge in [-0.05, 0) is 13.3 Å². The van der Waals surface area contributed by atoms with E-state index < -0.39 is 12.1 Å². The van der Waals surface area contributed by atoms with Crippen LogP contribution in [-0.4, -0.2) is 50.1 Å². The molecule has 0 aromatic heterocycles. The number of carboxylic acids is 1. The number of hydrogen-bond acceptors (Lipinski definition) is 5. The van der Waals surface area contributed by atoms with E-state index in [1.807, 2.05) is 6.92 Å². The quantitative estimate of drug-likeness (QED) is 0.701. The largest absolute Gasteiger partial charge is 0.479 e. The predicted molar refractivity (Wildman–Crippen MR) is 66.4 cm³/mol. The average Bonchev–Trinajstić information content (AvgIpc) is 2.25. The molecule has 0 aliphatic rings. The zero-order chi connectivity index (χ0) is 14.6. The van der Waals surface area contributed by atoms with Crippen molar-refractivity contribution in [1.29, 1.82) is 0 Å². The summed E-state index contributed by atoms with van der Waals surface area (Å²) >= 11 is 0. The maximum atomic E-state index is 10.3. The molecule has 6 heteroatoms.